The van der Waals surface area contributed by atoms with Crippen LogP contribution in [0.25, 0.3) is 20.4 Å². The maximum Gasteiger partial charge on any atom is 0.186 e. The minimum absolute atomic E-state index is 0.757. The van der Waals surface area contributed by atoms with Crippen LogP contribution in [0.1, 0.15) is 5.56 Å². The molecule has 27 heavy (non-hydrogen) atoms. The van der Waals surface area contributed by atoms with E-state index in [9.17, 15) is 0 Å². The minimum atomic E-state index is 0.757. The van der Waals surface area contributed by atoms with Gasteiger partial charge in [0.2, 0.25) is 0 Å². The van der Waals surface area contributed by atoms with Crippen LogP contribution in [0.2, 0.25) is 10.0 Å². The highest BCUT2D eigenvalue weighted by Gasteiger charge is 2.23. The van der Waals surface area contributed by atoms with Crippen molar-refractivity contribution in [2.45, 2.75) is 6.92 Å². The zero-order valence-corrected chi connectivity index (χ0v) is 17.7. The van der Waals surface area contributed by atoms with E-state index in [0.717, 1.165) is 66.9 Å². The molecule has 0 N–H and O–H groups in total. The molecule has 0 unspecified atom stereocenters. The molecule has 1 fully saturated rings. The summed E-state index contributed by atoms with van der Waals surface area (Å²) in [6, 6.07) is 9.86. The largest absolute Gasteiger partial charge is 0.345 e. The molecule has 0 amide bonds. The van der Waals surface area contributed by atoms with Crippen molar-refractivity contribution in [2.24, 2.45) is 0 Å². The van der Waals surface area contributed by atoms with Crippen LogP contribution in [0.3, 0.4) is 0 Å². The number of aromatic nitrogens is 2. The quantitative estimate of drug-likeness (QED) is 0.396. The van der Waals surface area contributed by atoms with Crippen molar-refractivity contribution in [3.8, 4) is 0 Å². The fraction of sp³-hybridized carbons (Fsp3) is 0.263. The molecule has 0 spiro atoms. The van der Waals surface area contributed by atoms with E-state index in [1.807, 2.05) is 30.3 Å². The summed E-state index contributed by atoms with van der Waals surface area (Å²) in [6.07, 6.45) is 0. The first kappa shape index (κ1) is 17.5. The van der Waals surface area contributed by atoms with Crippen molar-refractivity contribution in [1.82, 2.24) is 9.97 Å². The zero-order valence-electron chi connectivity index (χ0n) is 14.6. The lowest BCUT2D eigenvalue weighted by molar-refractivity contribution is 0.651. The summed E-state index contributed by atoms with van der Waals surface area (Å²) >= 11 is 15.8. The van der Waals surface area contributed by atoms with Crippen LogP contribution in [0.5, 0.6) is 0 Å². The van der Waals surface area contributed by atoms with Crippen molar-refractivity contribution in [3.05, 3.63) is 45.9 Å². The first-order valence-corrected chi connectivity index (χ1v) is 11.1. The van der Waals surface area contributed by atoms with Gasteiger partial charge >= 0.3 is 0 Å². The molecule has 8 heteroatoms. The lowest BCUT2D eigenvalue weighted by Crippen LogP contribution is -2.46. The van der Waals surface area contributed by atoms with Gasteiger partial charge in [0.25, 0.3) is 0 Å². The zero-order chi connectivity index (χ0) is 18.5. The summed E-state index contributed by atoms with van der Waals surface area (Å²) in [5, 5.41) is 3.66. The normalized spacial score (nSPS) is 15.2. The molecule has 0 saturated carbocycles. The van der Waals surface area contributed by atoms with Gasteiger partial charge in [0.15, 0.2) is 10.3 Å². The average molecular weight is 435 g/mol. The molecule has 0 atom stereocenters. The monoisotopic (exact) mass is 434 g/mol. The van der Waals surface area contributed by atoms with Crippen LogP contribution >= 0.6 is 45.9 Å². The van der Waals surface area contributed by atoms with E-state index in [0.29, 0.717) is 0 Å². The van der Waals surface area contributed by atoms with Gasteiger partial charge < -0.3 is 9.80 Å². The Morgan fingerprint density at radius 2 is 1.59 bits per heavy atom. The van der Waals surface area contributed by atoms with E-state index in [4.69, 9.17) is 33.2 Å². The molecule has 4 nitrogen and oxygen atoms in total. The number of rotatable bonds is 2. The van der Waals surface area contributed by atoms with Crippen molar-refractivity contribution in [3.63, 3.8) is 0 Å². The van der Waals surface area contributed by atoms with Gasteiger partial charge in [0.1, 0.15) is 0 Å². The van der Waals surface area contributed by atoms with E-state index in [-0.39, 0.29) is 0 Å². The third kappa shape index (κ3) is 3.14. The van der Waals surface area contributed by atoms with Crippen LogP contribution < -0.4 is 9.80 Å². The van der Waals surface area contributed by atoms with Crippen LogP contribution in [-0.4, -0.2) is 36.1 Å². The van der Waals surface area contributed by atoms with E-state index in [1.54, 1.807) is 22.7 Å². The number of nitrogens with zero attached hydrogens (tertiary/aromatic N) is 4. The molecule has 138 valence electrons. The van der Waals surface area contributed by atoms with E-state index >= 15 is 0 Å². The third-order valence-electron chi connectivity index (χ3n) is 4.85. The second-order valence-corrected chi connectivity index (χ2v) is 9.45. The highest BCUT2D eigenvalue weighted by Crippen LogP contribution is 2.36. The van der Waals surface area contributed by atoms with Gasteiger partial charge in [-0.15, -0.1) is 0 Å². The predicted molar refractivity (Wildman–Crippen MR) is 118 cm³/mol. The fourth-order valence-corrected chi connectivity index (χ4v) is 6.00. The van der Waals surface area contributed by atoms with Gasteiger partial charge in [0, 0.05) is 31.2 Å². The first-order valence-electron chi connectivity index (χ1n) is 8.70. The first-order chi connectivity index (χ1) is 13.1. The molecule has 1 aliphatic rings. The van der Waals surface area contributed by atoms with Gasteiger partial charge in [-0.2, -0.15) is 0 Å². The maximum atomic E-state index is 6.36. The van der Waals surface area contributed by atoms with Crippen molar-refractivity contribution in [2.75, 3.05) is 36.0 Å². The average Bonchev–Trinajstić information content (AvgIpc) is 3.30. The Labute approximate surface area is 175 Å². The topological polar surface area (TPSA) is 32.3 Å². The second kappa shape index (κ2) is 6.78. The summed E-state index contributed by atoms with van der Waals surface area (Å²) < 4.78 is 2.22. The number of hydrogen-bond acceptors (Lipinski definition) is 6. The summed E-state index contributed by atoms with van der Waals surface area (Å²) in [4.78, 5) is 14.3. The van der Waals surface area contributed by atoms with E-state index in [2.05, 4.69) is 16.7 Å². The highest BCUT2D eigenvalue weighted by molar-refractivity contribution is 7.23. The Morgan fingerprint density at radius 1 is 0.889 bits per heavy atom. The highest BCUT2D eigenvalue weighted by atomic mass is 35.5. The number of hydrogen-bond donors (Lipinski definition) is 0. The lowest BCUT2D eigenvalue weighted by Gasteiger charge is -2.34. The number of benzene rings is 2. The lowest BCUT2D eigenvalue weighted by atomic mass is 10.2. The Kier molecular flexibility index (Phi) is 4.39. The van der Waals surface area contributed by atoms with Gasteiger partial charge in [-0.25, -0.2) is 9.97 Å². The van der Waals surface area contributed by atoms with Crippen LogP contribution in [-0.2, 0) is 0 Å². The SMILES string of the molecule is Cc1ccc(Cl)c2sc(N3CCN(c4nc5ccc(Cl)cc5s4)CC3)nc12. The van der Waals surface area contributed by atoms with Gasteiger partial charge in [0.05, 0.1) is 25.5 Å². The van der Waals surface area contributed by atoms with Gasteiger partial charge in [-0.05, 0) is 36.8 Å². The van der Waals surface area contributed by atoms with Crippen LogP contribution in [0, 0.1) is 6.92 Å². The molecular formula is C19H16Cl2N4S2. The predicted octanol–water partition coefficient (Wildman–Crippen LogP) is 5.85. The Balaban J connectivity index is 1.36. The van der Waals surface area contributed by atoms with E-state index < -0.39 is 0 Å². The van der Waals surface area contributed by atoms with Crippen molar-refractivity contribution in [1.29, 1.82) is 0 Å². The number of halogens is 2. The summed E-state index contributed by atoms with van der Waals surface area (Å²) in [5.41, 5.74) is 3.20. The van der Waals surface area contributed by atoms with Crippen molar-refractivity contribution >= 4 is 76.6 Å². The molecular weight excluding hydrogens is 419 g/mol. The van der Waals surface area contributed by atoms with Gasteiger partial charge in [-0.3, -0.25) is 0 Å². The molecule has 1 aliphatic heterocycles. The standard InChI is InChI=1S/C19H16Cl2N4S2/c1-11-2-4-13(21)17-16(11)23-19(27-17)25-8-6-24(7-9-25)18-22-14-5-3-12(20)10-15(14)26-18/h2-5,10H,6-9H2,1H3. The summed E-state index contributed by atoms with van der Waals surface area (Å²) in [7, 11) is 0. The Bertz CT molecular complexity index is 1110. The molecule has 0 bridgehead atoms. The molecule has 2 aromatic carbocycles. The van der Waals surface area contributed by atoms with Crippen molar-refractivity contribution < 1.29 is 0 Å². The number of aryl methyl sites for hydroxylation is 1. The molecule has 5 rings (SSSR count). The number of fused-ring (bicyclic) bond motifs is 2. The number of anilines is 2. The van der Waals surface area contributed by atoms with Crippen LogP contribution in [0.4, 0.5) is 10.3 Å². The van der Waals surface area contributed by atoms with Crippen LogP contribution in [0.15, 0.2) is 30.3 Å². The number of piperazine rings is 1. The summed E-state index contributed by atoms with van der Waals surface area (Å²) in [6.45, 7) is 5.78. The van der Waals surface area contributed by atoms with Gasteiger partial charge in [-0.1, -0.05) is 51.9 Å². The molecule has 0 radical (unpaired) electrons. The summed E-state index contributed by atoms with van der Waals surface area (Å²) in [5.74, 6) is 0. The fourth-order valence-electron chi connectivity index (χ4n) is 3.34. The maximum absolute atomic E-state index is 6.36. The Hall–Kier alpha value is -1.60. The molecule has 4 aromatic rings. The van der Waals surface area contributed by atoms with E-state index in [1.165, 1.54) is 5.56 Å². The third-order valence-corrected chi connectivity index (χ3v) is 7.74. The second-order valence-electron chi connectivity index (χ2n) is 6.62. The molecule has 0 aliphatic carbocycles. The molecule has 2 aromatic heterocycles. The number of thiazole rings is 2. The molecule has 3 heterocycles. The Morgan fingerprint density at radius 3 is 2.30 bits per heavy atom. The minimum Gasteiger partial charge on any atom is -0.345 e. The molecule has 1 saturated heterocycles. The smallest absolute Gasteiger partial charge is 0.186 e.